The van der Waals surface area contributed by atoms with Crippen LogP contribution in [0.1, 0.15) is 6.42 Å². The smallest absolute Gasteiger partial charge is 0.292 e. The fourth-order valence-electron chi connectivity index (χ4n) is 2.29. The van der Waals surface area contributed by atoms with E-state index in [0.717, 1.165) is 6.42 Å². The summed E-state index contributed by atoms with van der Waals surface area (Å²) in [4.78, 5) is 22.5. The lowest BCUT2D eigenvalue weighted by atomic mass is 9.89. The van der Waals surface area contributed by atoms with Crippen LogP contribution in [0.25, 0.3) is 0 Å². The SMILES string of the molecule is O=C1NC2C(=COC3C=CCC32)C1=O. The van der Waals surface area contributed by atoms with Gasteiger partial charge in [-0.05, 0) is 12.5 Å². The first-order valence-electron chi connectivity index (χ1n) is 4.65. The molecule has 3 aliphatic rings. The normalized spacial score (nSPS) is 38.6. The molecule has 3 rings (SSSR count). The minimum absolute atomic E-state index is 0.0231. The fraction of sp³-hybridized carbons (Fsp3) is 0.400. The molecule has 1 aliphatic carbocycles. The maximum atomic E-state index is 11.3. The molecule has 14 heavy (non-hydrogen) atoms. The van der Waals surface area contributed by atoms with E-state index in [0.29, 0.717) is 5.57 Å². The van der Waals surface area contributed by atoms with E-state index in [1.165, 1.54) is 6.26 Å². The molecular weight excluding hydrogens is 182 g/mol. The second-order valence-corrected chi connectivity index (χ2v) is 3.78. The maximum Gasteiger partial charge on any atom is 0.292 e. The zero-order valence-electron chi connectivity index (χ0n) is 7.40. The molecule has 0 spiro atoms. The molecule has 4 heteroatoms. The van der Waals surface area contributed by atoms with Crippen LogP contribution in [0.15, 0.2) is 24.0 Å². The van der Waals surface area contributed by atoms with E-state index < -0.39 is 11.7 Å². The van der Waals surface area contributed by atoms with Crippen molar-refractivity contribution in [1.29, 1.82) is 0 Å². The molecule has 1 amide bonds. The van der Waals surface area contributed by atoms with Crippen molar-refractivity contribution < 1.29 is 14.3 Å². The van der Waals surface area contributed by atoms with Gasteiger partial charge in [-0.2, -0.15) is 0 Å². The predicted molar refractivity (Wildman–Crippen MR) is 47.1 cm³/mol. The Bertz CT molecular complexity index is 383. The molecule has 0 saturated carbocycles. The number of ketones is 1. The van der Waals surface area contributed by atoms with Crippen LogP contribution in [0, 0.1) is 5.92 Å². The third kappa shape index (κ3) is 0.828. The van der Waals surface area contributed by atoms with E-state index >= 15 is 0 Å². The topological polar surface area (TPSA) is 55.4 Å². The van der Waals surface area contributed by atoms with Crippen LogP contribution in [0.3, 0.4) is 0 Å². The van der Waals surface area contributed by atoms with Crippen molar-refractivity contribution in [2.24, 2.45) is 5.92 Å². The largest absolute Gasteiger partial charge is 0.493 e. The molecule has 1 saturated heterocycles. The van der Waals surface area contributed by atoms with Gasteiger partial charge >= 0.3 is 0 Å². The number of Topliss-reactive ketones (excluding diaryl/α,β-unsaturated/α-hetero) is 1. The Morgan fingerprint density at radius 3 is 3.14 bits per heavy atom. The number of carbonyl (C=O) groups excluding carboxylic acids is 2. The Kier molecular flexibility index (Phi) is 1.37. The standard InChI is InChI=1S/C10H9NO3/c12-9-6-4-14-7-3-1-2-5(7)8(6)11-10(9)13/h1,3-5,7-8H,2H2,(H,11,13). The van der Waals surface area contributed by atoms with Gasteiger partial charge in [0, 0.05) is 5.92 Å². The predicted octanol–water partition coefficient (Wildman–Crippen LogP) is -0.0873. The first-order valence-corrected chi connectivity index (χ1v) is 4.65. The van der Waals surface area contributed by atoms with Crippen LogP contribution in [-0.4, -0.2) is 23.8 Å². The van der Waals surface area contributed by atoms with Gasteiger partial charge in [-0.1, -0.05) is 6.08 Å². The number of ether oxygens (including phenoxy) is 1. The molecule has 2 aliphatic heterocycles. The van der Waals surface area contributed by atoms with E-state index in [2.05, 4.69) is 5.32 Å². The Hall–Kier alpha value is -1.58. The Morgan fingerprint density at radius 2 is 2.29 bits per heavy atom. The summed E-state index contributed by atoms with van der Waals surface area (Å²) < 4.78 is 5.37. The average molecular weight is 191 g/mol. The van der Waals surface area contributed by atoms with Crippen molar-refractivity contribution in [3.8, 4) is 0 Å². The average Bonchev–Trinajstić information content (AvgIpc) is 2.73. The zero-order chi connectivity index (χ0) is 9.71. The first-order chi connectivity index (χ1) is 6.77. The minimum atomic E-state index is -0.502. The summed E-state index contributed by atoms with van der Waals surface area (Å²) in [5.74, 6) is -0.747. The molecule has 3 unspecified atom stereocenters. The second kappa shape index (κ2) is 2.47. The van der Waals surface area contributed by atoms with E-state index in [-0.39, 0.29) is 18.1 Å². The van der Waals surface area contributed by atoms with Crippen molar-refractivity contribution in [1.82, 2.24) is 5.32 Å². The Labute approximate surface area is 80.6 Å². The molecule has 72 valence electrons. The summed E-state index contributed by atoms with van der Waals surface area (Å²) in [6.07, 6.45) is 6.32. The Balaban J connectivity index is 1.99. The van der Waals surface area contributed by atoms with Crippen molar-refractivity contribution in [2.45, 2.75) is 18.6 Å². The van der Waals surface area contributed by atoms with E-state index in [1.807, 2.05) is 12.2 Å². The molecule has 0 aromatic rings. The molecule has 3 atom stereocenters. The second-order valence-electron chi connectivity index (χ2n) is 3.78. The number of rotatable bonds is 0. The van der Waals surface area contributed by atoms with E-state index in [4.69, 9.17) is 4.74 Å². The van der Waals surface area contributed by atoms with Gasteiger partial charge in [-0.25, -0.2) is 0 Å². The molecule has 4 nitrogen and oxygen atoms in total. The first kappa shape index (κ1) is 7.79. The van der Waals surface area contributed by atoms with Gasteiger partial charge in [-0.15, -0.1) is 0 Å². The van der Waals surface area contributed by atoms with Crippen molar-refractivity contribution in [3.63, 3.8) is 0 Å². The van der Waals surface area contributed by atoms with Crippen LogP contribution < -0.4 is 5.32 Å². The molecule has 0 aromatic heterocycles. The van der Waals surface area contributed by atoms with Crippen LogP contribution in [0.2, 0.25) is 0 Å². The van der Waals surface area contributed by atoms with Crippen LogP contribution >= 0.6 is 0 Å². The maximum absolute atomic E-state index is 11.3. The third-order valence-corrected chi connectivity index (χ3v) is 3.03. The van der Waals surface area contributed by atoms with Crippen molar-refractivity contribution in [2.75, 3.05) is 0 Å². The molecule has 1 N–H and O–H groups in total. The van der Waals surface area contributed by atoms with E-state index in [1.54, 1.807) is 0 Å². The summed E-state index contributed by atoms with van der Waals surface area (Å²) >= 11 is 0. The molecule has 0 radical (unpaired) electrons. The van der Waals surface area contributed by atoms with Gasteiger partial charge in [-0.3, -0.25) is 9.59 Å². The van der Waals surface area contributed by atoms with Crippen LogP contribution in [0.4, 0.5) is 0 Å². The number of amides is 1. The lowest BCUT2D eigenvalue weighted by Gasteiger charge is -2.29. The molecule has 1 fully saturated rings. The number of carbonyl (C=O) groups is 2. The van der Waals surface area contributed by atoms with Crippen molar-refractivity contribution >= 4 is 11.7 Å². The number of hydrogen-bond donors (Lipinski definition) is 1. The van der Waals surface area contributed by atoms with Gasteiger partial charge < -0.3 is 10.1 Å². The van der Waals surface area contributed by atoms with Gasteiger partial charge in [0.15, 0.2) is 0 Å². The summed E-state index contributed by atoms with van der Waals surface area (Å²) in [6, 6.07) is -0.135. The van der Waals surface area contributed by atoms with Gasteiger partial charge in [0.25, 0.3) is 11.7 Å². The third-order valence-electron chi connectivity index (χ3n) is 3.03. The minimum Gasteiger partial charge on any atom is -0.493 e. The van der Waals surface area contributed by atoms with Crippen LogP contribution in [-0.2, 0) is 14.3 Å². The highest BCUT2D eigenvalue weighted by Crippen LogP contribution is 2.35. The highest BCUT2D eigenvalue weighted by Gasteiger charge is 2.46. The van der Waals surface area contributed by atoms with Gasteiger partial charge in [0.2, 0.25) is 0 Å². The van der Waals surface area contributed by atoms with E-state index in [9.17, 15) is 9.59 Å². The van der Waals surface area contributed by atoms with Crippen molar-refractivity contribution in [3.05, 3.63) is 24.0 Å². The number of allylic oxidation sites excluding steroid dienone is 1. The summed E-state index contributed by atoms with van der Waals surface area (Å²) in [5.41, 5.74) is 0.486. The molecule has 0 bridgehead atoms. The summed E-state index contributed by atoms with van der Waals surface area (Å²) in [5, 5.41) is 2.70. The fourth-order valence-corrected chi connectivity index (χ4v) is 2.29. The van der Waals surface area contributed by atoms with Gasteiger partial charge in [0.05, 0.1) is 17.9 Å². The van der Waals surface area contributed by atoms with Gasteiger partial charge in [0.1, 0.15) is 6.10 Å². The lowest BCUT2D eigenvalue weighted by molar-refractivity contribution is -0.133. The number of nitrogens with one attached hydrogen (secondary N) is 1. The quantitative estimate of drug-likeness (QED) is 0.430. The zero-order valence-corrected chi connectivity index (χ0v) is 7.40. The highest BCUT2D eigenvalue weighted by atomic mass is 16.5. The Morgan fingerprint density at radius 1 is 1.43 bits per heavy atom. The highest BCUT2D eigenvalue weighted by molar-refractivity contribution is 6.45. The summed E-state index contributed by atoms with van der Waals surface area (Å²) in [6.45, 7) is 0. The molecule has 0 aromatic carbocycles. The monoisotopic (exact) mass is 191 g/mol. The lowest BCUT2D eigenvalue weighted by Crippen LogP contribution is -2.40. The molecule has 2 heterocycles. The number of hydrogen-bond acceptors (Lipinski definition) is 3. The molecular formula is C10H9NO3. The summed E-state index contributed by atoms with van der Waals surface area (Å²) in [7, 11) is 0. The number of fused-ring (bicyclic) bond motifs is 3. The van der Waals surface area contributed by atoms with Crippen LogP contribution in [0.5, 0.6) is 0 Å².